The van der Waals surface area contributed by atoms with E-state index in [9.17, 15) is 4.79 Å². The van der Waals surface area contributed by atoms with Crippen molar-refractivity contribution in [1.29, 1.82) is 0 Å². The van der Waals surface area contributed by atoms with E-state index >= 15 is 0 Å². The molecule has 2 aliphatic rings. The van der Waals surface area contributed by atoms with Gasteiger partial charge in [0.05, 0.1) is 0 Å². The Balaban J connectivity index is 1.75. The molecule has 1 aliphatic carbocycles. The highest BCUT2D eigenvalue weighted by atomic mass is 16.1. The fourth-order valence-corrected chi connectivity index (χ4v) is 2.80. The van der Waals surface area contributed by atoms with Gasteiger partial charge in [0.1, 0.15) is 5.82 Å². The summed E-state index contributed by atoms with van der Waals surface area (Å²) in [5.74, 6) is 1.53. The molecule has 5 nitrogen and oxygen atoms in total. The summed E-state index contributed by atoms with van der Waals surface area (Å²) in [6.07, 6.45) is 5.29. The van der Waals surface area contributed by atoms with Crippen LogP contribution in [0.5, 0.6) is 0 Å². The van der Waals surface area contributed by atoms with E-state index in [0.717, 1.165) is 42.6 Å². The molecular weight excluding hydrogens is 216 g/mol. The van der Waals surface area contributed by atoms with E-state index in [1.807, 2.05) is 0 Å². The molecule has 0 spiro atoms. The minimum atomic E-state index is -0.249. The molecule has 0 radical (unpaired) electrons. The van der Waals surface area contributed by atoms with Gasteiger partial charge in [0.2, 0.25) is 0 Å². The highest BCUT2D eigenvalue weighted by Gasteiger charge is 2.19. The Morgan fingerprint density at radius 3 is 2.94 bits per heavy atom. The third kappa shape index (κ3) is 2.20. The van der Waals surface area contributed by atoms with Crippen LogP contribution in [0.4, 0.5) is 5.82 Å². The smallest absolute Gasteiger partial charge is 0.347 e. The molecule has 1 aromatic heterocycles. The second-order valence-corrected chi connectivity index (χ2v) is 4.98. The second-order valence-electron chi connectivity index (χ2n) is 4.98. The number of H-pyrrole nitrogens is 1. The lowest BCUT2D eigenvalue weighted by atomic mass is 10.1. The molecule has 0 bridgehead atoms. The highest BCUT2D eigenvalue weighted by Crippen LogP contribution is 2.25. The molecule has 0 aromatic carbocycles. The van der Waals surface area contributed by atoms with Crippen molar-refractivity contribution in [2.75, 3.05) is 11.9 Å². The van der Waals surface area contributed by atoms with Crippen molar-refractivity contribution < 1.29 is 0 Å². The minimum absolute atomic E-state index is 0.249. The van der Waals surface area contributed by atoms with Crippen LogP contribution in [0, 0.1) is 5.92 Å². The number of nitrogens with zero attached hydrogens (tertiary/aromatic N) is 1. The number of fused-ring (bicyclic) bond motifs is 1. The zero-order valence-corrected chi connectivity index (χ0v) is 9.88. The quantitative estimate of drug-likeness (QED) is 0.729. The summed E-state index contributed by atoms with van der Waals surface area (Å²) < 4.78 is 0. The molecule has 3 N–H and O–H groups in total. The number of hydrogen-bond acceptors (Lipinski definition) is 4. The molecule has 1 aromatic rings. The van der Waals surface area contributed by atoms with Crippen molar-refractivity contribution in [3.05, 3.63) is 21.7 Å². The first-order chi connectivity index (χ1) is 8.33. The van der Waals surface area contributed by atoms with Crippen LogP contribution in [-0.4, -0.2) is 16.5 Å². The second kappa shape index (κ2) is 4.49. The average molecular weight is 234 g/mol. The van der Waals surface area contributed by atoms with Crippen molar-refractivity contribution in [1.82, 2.24) is 15.3 Å². The Morgan fingerprint density at radius 2 is 2.12 bits per heavy atom. The van der Waals surface area contributed by atoms with E-state index in [0.29, 0.717) is 0 Å². The molecule has 1 aliphatic heterocycles. The van der Waals surface area contributed by atoms with Gasteiger partial charge in [0.15, 0.2) is 0 Å². The van der Waals surface area contributed by atoms with Gasteiger partial charge in [-0.3, -0.25) is 0 Å². The van der Waals surface area contributed by atoms with E-state index in [4.69, 9.17) is 0 Å². The summed E-state index contributed by atoms with van der Waals surface area (Å²) in [7, 11) is 0. The van der Waals surface area contributed by atoms with Gasteiger partial charge in [0.25, 0.3) is 0 Å². The summed E-state index contributed by atoms with van der Waals surface area (Å²) in [6, 6.07) is 0. The molecule has 1 saturated carbocycles. The van der Waals surface area contributed by atoms with Crippen LogP contribution in [0.15, 0.2) is 4.79 Å². The predicted octanol–water partition coefficient (Wildman–Crippen LogP) is 0.975. The summed E-state index contributed by atoms with van der Waals surface area (Å²) in [6.45, 7) is 2.49. The van der Waals surface area contributed by atoms with Crippen LogP contribution in [0.2, 0.25) is 0 Å². The molecule has 3 rings (SSSR count). The number of aromatic amines is 1. The molecule has 0 unspecified atom stereocenters. The van der Waals surface area contributed by atoms with Crippen molar-refractivity contribution in [2.24, 2.45) is 5.92 Å². The lowest BCUT2D eigenvalue weighted by Crippen LogP contribution is -2.20. The molecule has 5 heteroatoms. The maximum atomic E-state index is 11.4. The summed E-state index contributed by atoms with van der Waals surface area (Å²) in [4.78, 5) is 18.2. The van der Waals surface area contributed by atoms with Crippen LogP contribution in [0.1, 0.15) is 36.9 Å². The number of nitrogens with one attached hydrogen (secondary N) is 3. The van der Waals surface area contributed by atoms with Gasteiger partial charge in [-0.1, -0.05) is 12.8 Å². The monoisotopic (exact) mass is 234 g/mol. The molecule has 92 valence electrons. The number of rotatable bonds is 3. The van der Waals surface area contributed by atoms with Crippen LogP contribution in [0.25, 0.3) is 0 Å². The number of aromatic nitrogens is 2. The Morgan fingerprint density at radius 1 is 1.29 bits per heavy atom. The first-order valence-electron chi connectivity index (χ1n) is 6.39. The number of hydrogen-bond donors (Lipinski definition) is 3. The lowest BCUT2D eigenvalue weighted by molar-refractivity contribution is 0.578. The van der Waals surface area contributed by atoms with Crippen LogP contribution < -0.4 is 16.3 Å². The van der Waals surface area contributed by atoms with E-state index < -0.39 is 0 Å². The van der Waals surface area contributed by atoms with Gasteiger partial charge in [0, 0.05) is 30.9 Å². The zero-order valence-electron chi connectivity index (χ0n) is 9.88. The van der Waals surface area contributed by atoms with Gasteiger partial charge in [-0.2, -0.15) is 4.98 Å². The molecular formula is C12H18N4O. The molecule has 0 amide bonds. The normalized spacial score (nSPS) is 19.5. The highest BCUT2D eigenvalue weighted by molar-refractivity contribution is 5.47. The minimum Gasteiger partial charge on any atom is -0.369 e. The zero-order chi connectivity index (χ0) is 11.7. The number of anilines is 1. The van der Waals surface area contributed by atoms with Crippen LogP contribution >= 0.6 is 0 Å². The van der Waals surface area contributed by atoms with Gasteiger partial charge in [-0.05, 0) is 18.8 Å². The summed E-state index contributed by atoms with van der Waals surface area (Å²) >= 11 is 0. The SMILES string of the molecule is O=c1nc(NCC2CCCC2)c2c([nH]1)CNC2. The van der Waals surface area contributed by atoms with Crippen LogP contribution in [0.3, 0.4) is 0 Å². The van der Waals surface area contributed by atoms with E-state index in [2.05, 4.69) is 20.6 Å². The van der Waals surface area contributed by atoms with Crippen molar-refractivity contribution in [3.8, 4) is 0 Å². The summed E-state index contributed by atoms with van der Waals surface area (Å²) in [5, 5.41) is 6.59. The van der Waals surface area contributed by atoms with Crippen molar-refractivity contribution in [3.63, 3.8) is 0 Å². The predicted molar refractivity (Wildman–Crippen MR) is 65.8 cm³/mol. The standard InChI is InChI=1S/C12H18N4O/c17-12-15-10-7-13-6-9(10)11(16-12)14-5-8-3-1-2-4-8/h8,13H,1-7H2,(H2,14,15,16,17). The van der Waals surface area contributed by atoms with Crippen molar-refractivity contribution >= 4 is 5.82 Å². The Kier molecular flexibility index (Phi) is 2.84. The van der Waals surface area contributed by atoms with Gasteiger partial charge in [-0.15, -0.1) is 0 Å². The average Bonchev–Trinajstić information content (AvgIpc) is 2.95. The van der Waals surface area contributed by atoms with Gasteiger partial charge in [-0.25, -0.2) is 4.79 Å². The largest absolute Gasteiger partial charge is 0.369 e. The Hall–Kier alpha value is -1.36. The van der Waals surface area contributed by atoms with E-state index in [-0.39, 0.29) is 5.69 Å². The van der Waals surface area contributed by atoms with Gasteiger partial charge >= 0.3 is 5.69 Å². The maximum Gasteiger partial charge on any atom is 0.347 e. The molecule has 1 fully saturated rings. The van der Waals surface area contributed by atoms with E-state index in [1.54, 1.807) is 0 Å². The fourth-order valence-electron chi connectivity index (χ4n) is 2.80. The lowest BCUT2D eigenvalue weighted by Gasteiger charge is -2.13. The molecule has 0 atom stereocenters. The molecule has 0 saturated heterocycles. The third-order valence-corrected chi connectivity index (χ3v) is 3.76. The van der Waals surface area contributed by atoms with E-state index in [1.165, 1.54) is 25.7 Å². The Labute approximate surface area is 100 Å². The topological polar surface area (TPSA) is 69.8 Å². The first kappa shape index (κ1) is 10.8. The molecule has 2 heterocycles. The third-order valence-electron chi connectivity index (χ3n) is 3.76. The first-order valence-corrected chi connectivity index (χ1v) is 6.39. The molecule has 17 heavy (non-hydrogen) atoms. The fraction of sp³-hybridized carbons (Fsp3) is 0.667. The summed E-state index contributed by atoms with van der Waals surface area (Å²) in [5.41, 5.74) is 1.86. The van der Waals surface area contributed by atoms with Crippen LogP contribution in [-0.2, 0) is 13.1 Å². The maximum absolute atomic E-state index is 11.4. The Bertz CT molecular complexity index is 462. The van der Waals surface area contributed by atoms with Crippen molar-refractivity contribution in [2.45, 2.75) is 38.8 Å². The van der Waals surface area contributed by atoms with Gasteiger partial charge < -0.3 is 15.6 Å².